The molecule has 1 aliphatic rings. The van der Waals surface area contributed by atoms with Crippen molar-refractivity contribution in [3.63, 3.8) is 0 Å². The normalized spacial score (nSPS) is 15.7. The van der Waals surface area contributed by atoms with Gasteiger partial charge in [0.1, 0.15) is 17.4 Å². The van der Waals surface area contributed by atoms with Crippen LogP contribution >= 0.6 is 0 Å². The van der Waals surface area contributed by atoms with E-state index >= 15 is 0 Å². The second kappa shape index (κ2) is 9.55. The molecule has 0 aliphatic carbocycles. The van der Waals surface area contributed by atoms with Crippen molar-refractivity contribution in [3.05, 3.63) is 71.8 Å². The molecule has 4 rings (SSSR count). The monoisotopic (exact) mass is 417 g/mol. The van der Waals surface area contributed by atoms with Gasteiger partial charge in [0.25, 0.3) is 0 Å². The first kappa shape index (κ1) is 20.8. The van der Waals surface area contributed by atoms with Crippen molar-refractivity contribution in [3.8, 4) is 5.75 Å². The van der Waals surface area contributed by atoms with Crippen LogP contribution in [0.1, 0.15) is 42.1 Å². The molecule has 3 heterocycles. The number of aryl methyl sites for hydroxylation is 2. The highest BCUT2D eigenvalue weighted by Crippen LogP contribution is 2.32. The van der Waals surface area contributed by atoms with Crippen molar-refractivity contribution in [2.24, 2.45) is 0 Å². The fourth-order valence-corrected chi connectivity index (χ4v) is 3.90. The van der Waals surface area contributed by atoms with Crippen LogP contribution in [0.25, 0.3) is 0 Å². The zero-order valence-corrected chi connectivity index (χ0v) is 17.9. The van der Waals surface area contributed by atoms with E-state index in [0.717, 1.165) is 47.8 Å². The number of ether oxygens (including phenoxy) is 1. The van der Waals surface area contributed by atoms with Crippen LogP contribution in [0.3, 0.4) is 0 Å². The van der Waals surface area contributed by atoms with Gasteiger partial charge in [-0.15, -0.1) is 0 Å². The van der Waals surface area contributed by atoms with Gasteiger partial charge < -0.3 is 15.0 Å². The maximum absolute atomic E-state index is 13.0. The molecule has 0 radical (unpaired) electrons. The Labute approximate surface area is 182 Å². The van der Waals surface area contributed by atoms with Crippen LogP contribution < -0.4 is 10.1 Å². The fourth-order valence-electron chi connectivity index (χ4n) is 3.90. The Morgan fingerprint density at radius 2 is 2.06 bits per heavy atom. The highest BCUT2D eigenvalue weighted by molar-refractivity contribution is 5.77. The standard InChI is InChI=1S/C24H27N5O2/c1-17-5-3-13-26-24(17)28-22-16-25-15-20(27-22)21-6-4-14-29(21)23(30)12-9-18-7-10-19(31-2)11-8-18/h3,5,7-8,10-11,13,15-16,21H,4,6,9,12,14H2,1-2H3,(H,26,27,28). The SMILES string of the molecule is COc1ccc(CCC(=O)N2CCCC2c2cncc(Nc3ncccc3C)n2)cc1. The number of benzene rings is 1. The third-order valence-electron chi connectivity index (χ3n) is 5.61. The number of likely N-dealkylation sites (tertiary alicyclic amines) is 1. The van der Waals surface area contributed by atoms with E-state index < -0.39 is 0 Å². The number of anilines is 2. The molecule has 7 heteroatoms. The van der Waals surface area contributed by atoms with Crippen LogP contribution in [-0.2, 0) is 11.2 Å². The van der Waals surface area contributed by atoms with Crippen molar-refractivity contribution in [2.75, 3.05) is 19.0 Å². The number of amides is 1. The van der Waals surface area contributed by atoms with Crippen molar-refractivity contribution < 1.29 is 9.53 Å². The number of hydrogen-bond donors (Lipinski definition) is 1. The van der Waals surface area contributed by atoms with Gasteiger partial charge in [-0.2, -0.15) is 0 Å². The summed E-state index contributed by atoms with van der Waals surface area (Å²) in [6.07, 6.45) is 8.23. The molecule has 1 unspecified atom stereocenters. The van der Waals surface area contributed by atoms with Gasteiger partial charge in [-0.25, -0.2) is 9.97 Å². The van der Waals surface area contributed by atoms with Gasteiger partial charge in [0.2, 0.25) is 5.91 Å². The fraction of sp³-hybridized carbons (Fsp3) is 0.333. The molecule has 0 saturated carbocycles. The lowest BCUT2D eigenvalue weighted by atomic mass is 10.1. The molecular formula is C24H27N5O2. The average Bonchev–Trinajstić information content (AvgIpc) is 3.30. The number of carbonyl (C=O) groups is 1. The first-order chi connectivity index (χ1) is 15.1. The van der Waals surface area contributed by atoms with Gasteiger partial charge >= 0.3 is 0 Å². The number of aromatic nitrogens is 3. The van der Waals surface area contributed by atoms with Crippen molar-refractivity contribution in [1.29, 1.82) is 0 Å². The summed E-state index contributed by atoms with van der Waals surface area (Å²) in [5.74, 6) is 2.37. The molecule has 7 nitrogen and oxygen atoms in total. The van der Waals surface area contributed by atoms with Gasteiger partial charge in [-0.3, -0.25) is 9.78 Å². The van der Waals surface area contributed by atoms with Crippen LogP contribution in [0.15, 0.2) is 55.0 Å². The van der Waals surface area contributed by atoms with E-state index in [0.29, 0.717) is 18.7 Å². The number of hydrogen-bond acceptors (Lipinski definition) is 6. The molecule has 1 saturated heterocycles. The molecule has 1 aliphatic heterocycles. The lowest BCUT2D eigenvalue weighted by Crippen LogP contribution is -2.31. The van der Waals surface area contributed by atoms with Gasteiger partial charge in [-0.1, -0.05) is 18.2 Å². The molecule has 0 bridgehead atoms. The van der Waals surface area contributed by atoms with Crippen LogP contribution in [0.5, 0.6) is 5.75 Å². The Bertz CT molecular complexity index is 1040. The van der Waals surface area contributed by atoms with E-state index in [2.05, 4.69) is 15.3 Å². The predicted molar refractivity (Wildman–Crippen MR) is 119 cm³/mol. The van der Waals surface area contributed by atoms with Crippen LogP contribution in [0, 0.1) is 6.92 Å². The van der Waals surface area contributed by atoms with Crippen molar-refractivity contribution in [1.82, 2.24) is 19.9 Å². The minimum atomic E-state index is -0.0394. The van der Waals surface area contributed by atoms with Gasteiger partial charge in [0.05, 0.1) is 31.2 Å². The van der Waals surface area contributed by atoms with E-state index in [9.17, 15) is 4.79 Å². The van der Waals surface area contributed by atoms with Crippen LogP contribution in [-0.4, -0.2) is 39.4 Å². The Morgan fingerprint density at radius 3 is 2.84 bits per heavy atom. The molecule has 31 heavy (non-hydrogen) atoms. The van der Waals surface area contributed by atoms with Gasteiger partial charge in [0.15, 0.2) is 0 Å². The number of rotatable bonds is 7. The summed E-state index contributed by atoms with van der Waals surface area (Å²) in [5, 5.41) is 3.24. The van der Waals surface area contributed by atoms with Crippen LogP contribution in [0.4, 0.5) is 11.6 Å². The molecule has 3 aromatic rings. The predicted octanol–water partition coefficient (Wildman–Crippen LogP) is 4.23. The van der Waals surface area contributed by atoms with E-state index in [-0.39, 0.29) is 11.9 Å². The molecule has 2 aromatic heterocycles. The first-order valence-electron chi connectivity index (χ1n) is 10.6. The maximum atomic E-state index is 13.0. The number of methoxy groups -OCH3 is 1. The molecule has 1 N–H and O–H groups in total. The van der Waals surface area contributed by atoms with Gasteiger partial charge in [-0.05, 0) is 55.5 Å². The highest BCUT2D eigenvalue weighted by Gasteiger charge is 2.31. The second-order valence-electron chi connectivity index (χ2n) is 7.72. The topological polar surface area (TPSA) is 80.2 Å². The molecule has 1 amide bonds. The first-order valence-corrected chi connectivity index (χ1v) is 10.6. The summed E-state index contributed by atoms with van der Waals surface area (Å²) < 4.78 is 5.20. The molecule has 0 spiro atoms. The third-order valence-corrected chi connectivity index (χ3v) is 5.61. The second-order valence-corrected chi connectivity index (χ2v) is 7.72. The van der Waals surface area contributed by atoms with Crippen molar-refractivity contribution in [2.45, 2.75) is 38.6 Å². The minimum Gasteiger partial charge on any atom is -0.497 e. The summed E-state index contributed by atoms with van der Waals surface area (Å²) in [6, 6.07) is 11.7. The smallest absolute Gasteiger partial charge is 0.223 e. The van der Waals surface area contributed by atoms with E-state index in [1.54, 1.807) is 25.7 Å². The largest absolute Gasteiger partial charge is 0.497 e. The highest BCUT2D eigenvalue weighted by atomic mass is 16.5. The molecule has 1 atom stereocenters. The number of pyridine rings is 1. The number of nitrogens with zero attached hydrogens (tertiary/aromatic N) is 4. The summed E-state index contributed by atoms with van der Waals surface area (Å²) in [7, 11) is 1.65. The Kier molecular flexibility index (Phi) is 6.40. The number of carbonyl (C=O) groups excluding carboxylic acids is 1. The quantitative estimate of drug-likeness (QED) is 0.620. The molecule has 1 aromatic carbocycles. The number of nitrogens with one attached hydrogen (secondary N) is 1. The van der Waals surface area contributed by atoms with Crippen LogP contribution in [0.2, 0.25) is 0 Å². The van der Waals surface area contributed by atoms with Gasteiger partial charge in [0, 0.05) is 19.2 Å². The Hall–Kier alpha value is -3.48. The summed E-state index contributed by atoms with van der Waals surface area (Å²) in [4.78, 5) is 28.4. The lowest BCUT2D eigenvalue weighted by Gasteiger charge is -2.24. The van der Waals surface area contributed by atoms with E-state index in [1.807, 2.05) is 48.2 Å². The summed E-state index contributed by atoms with van der Waals surface area (Å²) >= 11 is 0. The lowest BCUT2D eigenvalue weighted by molar-refractivity contribution is -0.132. The summed E-state index contributed by atoms with van der Waals surface area (Å²) in [5.41, 5.74) is 2.97. The zero-order chi connectivity index (χ0) is 21.6. The summed E-state index contributed by atoms with van der Waals surface area (Å²) in [6.45, 7) is 2.75. The molecular weight excluding hydrogens is 390 g/mol. The minimum absolute atomic E-state index is 0.0394. The Balaban J connectivity index is 1.42. The Morgan fingerprint density at radius 1 is 1.23 bits per heavy atom. The van der Waals surface area contributed by atoms with Crippen molar-refractivity contribution >= 4 is 17.5 Å². The molecule has 160 valence electrons. The average molecular weight is 418 g/mol. The third kappa shape index (κ3) is 4.99. The van der Waals surface area contributed by atoms with E-state index in [1.165, 1.54) is 0 Å². The maximum Gasteiger partial charge on any atom is 0.223 e. The molecule has 1 fully saturated rings. The van der Waals surface area contributed by atoms with E-state index in [4.69, 9.17) is 9.72 Å². The zero-order valence-electron chi connectivity index (χ0n) is 17.9.